The number of nitrogens with zero attached hydrogens (tertiary/aromatic N) is 4. The van der Waals surface area contributed by atoms with Gasteiger partial charge >= 0.3 is 0 Å². The molecule has 0 radical (unpaired) electrons. The predicted molar refractivity (Wildman–Crippen MR) is 121 cm³/mol. The van der Waals surface area contributed by atoms with Gasteiger partial charge in [-0.25, -0.2) is 15.0 Å². The maximum Gasteiger partial charge on any atom is 0.229 e. The summed E-state index contributed by atoms with van der Waals surface area (Å²) in [5, 5.41) is 9.86. The molecule has 30 heavy (non-hydrogen) atoms. The molecular formula is C19H33N7O3S. The summed E-state index contributed by atoms with van der Waals surface area (Å²) in [7, 11) is 3.13. The maximum atomic E-state index is 5.42. The van der Waals surface area contributed by atoms with Crippen LogP contribution in [0.25, 0.3) is 0 Å². The lowest BCUT2D eigenvalue weighted by molar-refractivity contribution is -0.0937. The minimum atomic E-state index is -0.459. The number of methoxy groups -OCH3 is 2. The Morgan fingerprint density at radius 3 is 2.53 bits per heavy atom. The third-order valence-electron chi connectivity index (χ3n) is 4.41. The maximum absolute atomic E-state index is 5.42. The highest BCUT2D eigenvalue weighted by atomic mass is 32.1. The van der Waals surface area contributed by atoms with Crippen LogP contribution in [-0.4, -0.2) is 92.4 Å². The van der Waals surface area contributed by atoms with Crippen LogP contribution in [0.1, 0.15) is 17.8 Å². The molecule has 0 bridgehead atoms. The molecule has 10 nitrogen and oxygen atoms in total. The molecule has 168 valence electrons. The van der Waals surface area contributed by atoms with E-state index in [2.05, 4.69) is 35.8 Å². The molecule has 2 heterocycles. The van der Waals surface area contributed by atoms with Gasteiger partial charge in [0.2, 0.25) is 11.9 Å². The van der Waals surface area contributed by atoms with Gasteiger partial charge in [-0.2, -0.15) is 0 Å². The normalized spacial score (nSPS) is 15.3. The smallest absolute Gasteiger partial charge is 0.229 e. The Kier molecular flexibility index (Phi) is 10.9. The molecule has 1 aromatic heterocycles. The highest BCUT2D eigenvalue weighted by Gasteiger charge is 2.11. The van der Waals surface area contributed by atoms with Crippen molar-refractivity contribution in [2.24, 2.45) is 4.99 Å². The summed E-state index contributed by atoms with van der Waals surface area (Å²) in [6.45, 7) is 9.47. The zero-order valence-corrected chi connectivity index (χ0v) is 19.0. The first kappa shape index (κ1) is 24.4. The SMILES string of the molecule is COC(CN=C(NC(=S)NCCCN1CCOCC1)Nc1nc(C)cc(C)n1)OC. The van der Waals surface area contributed by atoms with Crippen molar-refractivity contribution in [1.82, 2.24) is 25.5 Å². The van der Waals surface area contributed by atoms with E-state index in [4.69, 9.17) is 26.4 Å². The first-order valence-electron chi connectivity index (χ1n) is 10.0. The number of guanidine groups is 1. The van der Waals surface area contributed by atoms with E-state index >= 15 is 0 Å². The van der Waals surface area contributed by atoms with Crippen molar-refractivity contribution in [2.45, 2.75) is 26.6 Å². The van der Waals surface area contributed by atoms with E-state index in [0.29, 0.717) is 17.0 Å². The number of thiocarbonyl (C=S) groups is 1. The highest BCUT2D eigenvalue weighted by molar-refractivity contribution is 7.80. The van der Waals surface area contributed by atoms with Crippen molar-refractivity contribution < 1.29 is 14.2 Å². The van der Waals surface area contributed by atoms with Gasteiger partial charge in [0.05, 0.1) is 19.8 Å². The van der Waals surface area contributed by atoms with Gasteiger partial charge in [0.15, 0.2) is 11.4 Å². The first-order chi connectivity index (χ1) is 14.5. The molecule has 0 aliphatic carbocycles. The van der Waals surface area contributed by atoms with Gasteiger partial charge in [0, 0.05) is 45.2 Å². The number of nitrogens with one attached hydrogen (secondary N) is 3. The molecule has 0 atom stereocenters. The van der Waals surface area contributed by atoms with Crippen LogP contribution < -0.4 is 16.0 Å². The predicted octanol–water partition coefficient (Wildman–Crippen LogP) is 0.667. The number of ether oxygens (including phenoxy) is 3. The van der Waals surface area contributed by atoms with Gasteiger partial charge in [-0.1, -0.05) is 0 Å². The van der Waals surface area contributed by atoms with Gasteiger partial charge in [0.1, 0.15) is 0 Å². The van der Waals surface area contributed by atoms with Crippen LogP contribution >= 0.6 is 12.2 Å². The second-order valence-electron chi connectivity index (χ2n) is 6.88. The third kappa shape index (κ3) is 9.26. The molecule has 0 spiro atoms. The van der Waals surface area contributed by atoms with E-state index in [1.165, 1.54) is 0 Å². The van der Waals surface area contributed by atoms with E-state index in [0.717, 1.165) is 57.2 Å². The molecule has 11 heteroatoms. The Morgan fingerprint density at radius 1 is 1.23 bits per heavy atom. The fraction of sp³-hybridized carbons (Fsp3) is 0.684. The van der Waals surface area contributed by atoms with E-state index in [9.17, 15) is 0 Å². The van der Waals surface area contributed by atoms with Crippen LogP contribution in [0, 0.1) is 13.8 Å². The van der Waals surface area contributed by atoms with Crippen molar-refractivity contribution in [2.75, 3.05) is 65.5 Å². The molecule has 3 N–H and O–H groups in total. The molecule has 0 amide bonds. The first-order valence-corrected chi connectivity index (χ1v) is 10.4. The van der Waals surface area contributed by atoms with E-state index in [1.54, 1.807) is 14.2 Å². The average molecular weight is 440 g/mol. The Bertz CT molecular complexity index is 674. The van der Waals surface area contributed by atoms with E-state index < -0.39 is 6.29 Å². The molecule has 0 saturated carbocycles. The number of rotatable bonds is 9. The number of aliphatic imine (C=N–C) groups is 1. The lowest BCUT2D eigenvalue weighted by Gasteiger charge is -2.26. The number of aryl methyl sites for hydroxylation is 2. The molecule has 0 aromatic carbocycles. The molecule has 1 aromatic rings. The molecule has 2 rings (SSSR count). The fourth-order valence-electron chi connectivity index (χ4n) is 2.89. The van der Waals surface area contributed by atoms with E-state index in [-0.39, 0.29) is 6.54 Å². The Hall–Kier alpha value is -1.92. The van der Waals surface area contributed by atoms with Crippen molar-refractivity contribution in [3.05, 3.63) is 17.5 Å². The molecule has 1 saturated heterocycles. The zero-order valence-electron chi connectivity index (χ0n) is 18.2. The van der Waals surface area contributed by atoms with Gasteiger partial charge in [-0.05, 0) is 45.1 Å². The molecule has 1 fully saturated rings. The standard InChI is InChI=1S/C19H33N7O3S/c1-14-12-15(2)23-18(22-14)24-17(21-13-16(27-3)28-4)25-19(30)20-6-5-7-26-8-10-29-11-9-26/h12,16H,5-11,13H2,1-4H3,(H3,20,21,22,23,24,25,30). The van der Waals surface area contributed by atoms with Crippen LogP contribution in [-0.2, 0) is 14.2 Å². The molecule has 0 unspecified atom stereocenters. The van der Waals surface area contributed by atoms with Gasteiger partial charge in [-0.3, -0.25) is 10.2 Å². The molecule has 1 aliphatic rings. The summed E-state index contributed by atoms with van der Waals surface area (Å²) in [5.74, 6) is 0.866. The zero-order chi connectivity index (χ0) is 21.8. The number of aromatic nitrogens is 2. The second kappa shape index (κ2) is 13.4. The van der Waals surface area contributed by atoms with Crippen molar-refractivity contribution in [1.29, 1.82) is 0 Å². The fourth-order valence-corrected chi connectivity index (χ4v) is 3.09. The minimum Gasteiger partial charge on any atom is -0.379 e. The van der Waals surface area contributed by atoms with Crippen LogP contribution in [0.4, 0.5) is 5.95 Å². The molecule has 1 aliphatic heterocycles. The summed E-state index contributed by atoms with van der Waals surface area (Å²) in [4.78, 5) is 15.7. The summed E-state index contributed by atoms with van der Waals surface area (Å²) in [6, 6.07) is 1.90. The van der Waals surface area contributed by atoms with Crippen molar-refractivity contribution >= 4 is 29.2 Å². The van der Waals surface area contributed by atoms with Gasteiger partial charge in [0.25, 0.3) is 0 Å². The lowest BCUT2D eigenvalue weighted by atomic mass is 10.3. The largest absolute Gasteiger partial charge is 0.379 e. The van der Waals surface area contributed by atoms with Gasteiger partial charge < -0.3 is 24.8 Å². The number of anilines is 1. The van der Waals surface area contributed by atoms with Crippen LogP contribution in [0.5, 0.6) is 0 Å². The monoisotopic (exact) mass is 439 g/mol. The number of hydrogen-bond acceptors (Lipinski definition) is 8. The highest BCUT2D eigenvalue weighted by Crippen LogP contribution is 2.04. The summed E-state index contributed by atoms with van der Waals surface area (Å²) in [5.41, 5.74) is 1.72. The number of hydrogen-bond donors (Lipinski definition) is 3. The average Bonchev–Trinajstić information content (AvgIpc) is 2.72. The summed E-state index contributed by atoms with van der Waals surface area (Å²) in [6.07, 6.45) is 0.524. The van der Waals surface area contributed by atoms with Crippen LogP contribution in [0.15, 0.2) is 11.1 Å². The third-order valence-corrected chi connectivity index (χ3v) is 4.66. The Balaban J connectivity index is 1.88. The van der Waals surface area contributed by atoms with Crippen molar-refractivity contribution in [3.63, 3.8) is 0 Å². The van der Waals surface area contributed by atoms with E-state index in [1.807, 2.05) is 19.9 Å². The van der Waals surface area contributed by atoms with Gasteiger partial charge in [-0.15, -0.1) is 0 Å². The van der Waals surface area contributed by atoms with Crippen molar-refractivity contribution in [3.8, 4) is 0 Å². The van der Waals surface area contributed by atoms with Crippen LogP contribution in [0.3, 0.4) is 0 Å². The number of morpholine rings is 1. The topological polar surface area (TPSA) is 105 Å². The quantitative estimate of drug-likeness (QED) is 0.167. The Labute approximate surface area is 183 Å². The Morgan fingerprint density at radius 2 is 1.90 bits per heavy atom. The molecular weight excluding hydrogens is 406 g/mol. The second-order valence-corrected chi connectivity index (χ2v) is 7.29. The summed E-state index contributed by atoms with van der Waals surface area (Å²) >= 11 is 5.42. The summed E-state index contributed by atoms with van der Waals surface area (Å²) < 4.78 is 15.8. The minimum absolute atomic E-state index is 0.284. The lowest BCUT2D eigenvalue weighted by Crippen LogP contribution is -2.44. The van der Waals surface area contributed by atoms with Crippen LogP contribution in [0.2, 0.25) is 0 Å².